The molecular formula is C14H19BrO4. The second kappa shape index (κ2) is 8.04. The van der Waals surface area contributed by atoms with E-state index in [1.165, 1.54) is 0 Å². The van der Waals surface area contributed by atoms with Gasteiger partial charge in [-0.1, -0.05) is 0 Å². The van der Waals surface area contributed by atoms with Crippen LogP contribution < -0.4 is 9.47 Å². The van der Waals surface area contributed by atoms with Gasteiger partial charge in [-0.05, 0) is 53.9 Å². The molecule has 19 heavy (non-hydrogen) atoms. The monoisotopic (exact) mass is 330 g/mol. The highest BCUT2D eigenvalue weighted by molar-refractivity contribution is 9.10. The molecule has 0 atom stereocenters. The van der Waals surface area contributed by atoms with Crippen molar-refractivity contribution in [3.63, 3.8) is 0 Å². The number of esters is 1. The fourth-order valence-electron chi connectivity index (χ4n) is 1.71. The second-order valence-electron chi connectivity index (χ2n) is 3.85. The molecular weight excluding hydrogens is 312 g/mol. The number of benzene rings is 1. The number of carbonyl (C=O) groups is 1. The summed E-state index contributed by atoms with van der Waals surface area (Å²) in [4.78, 5) is 11.3. The van der Waals surface area contributed by atoms with Crippen molar-refractivity contribution in [3.8, 4) is 11.5 Å². The SMILES string of the molecule is CCOC(=O)CCc1cc(Br)c(OC)c(OCC)c1. The Morgan fingerprint density at radius 3 is 2.58 bits per heavy atom. The Hall–Kier alpha value is -1.23. The van der Waals surface area contributed by atoms with Gasteiger partial charge in [-0.2, -0.15) is 0 Å². The van der Waals surface area contributed by atoms with E-state index in [1.54, 1.807) is 14.0 Å². The molecule has 0 amide bonds. The number of hydrogen-bond donors (Lipinski definition) is 0. The van der Waals surface area contributed by atoms with Gasteiger partial charge in [0.05, 0.1) is 24.8 Å². The molecule has 0 N–H and O–H groups in total. The Bertz CT molecular complexity index is 432. The average Bonchev–Trinajstić information content (AvgIpc) is 2.37. The number of hydrogen-bond acceptors (Lipinski definition) is 4. The van der Waals surface area contributed by atoms with Gasteiger partial charge in [0.2, 0.25) is 0 Å². The highest BCUT2D eigenvalue weighted by Crippen LogP contribution is 2.36. The molecule has 1 rings (SSSR count). The maximum absolute atomic E-state index is 11.3. The third-order valence-corrected chi connectivity index (χ3v) is 3.09. The van der Waals surface area contributed by atoms with Crippen LogP contribution in [0.25, 0.3) is 0 Å². The van der Waals surface area contributed by atoms with Crippen molar-refractivity contribution in [1.82, 2.24) is 0 Å². The van der Waals surface area contributed by atoms with E-state index in [2.05, 4.69) is 15.9 Å². The minimum atomic E-state index is -0.188. The number of carbonyl (C=O) groups excluding carboxylic acids is 1. The van der Waals surface area contributed by atoms with Crippen LogP contribution in [0.2, 0.25) is 0 Å². The van der Waals surface area contributed by atoms with Gasteiger partial charge in [0.15, 0.2) is 11.5 Å². The Balaban J connectivity index is 2.82. The van der Waals surface area contributed by atoms with Crippen molar-refractivity contribution >= 4 is 21.9 Å². The summed E-state index contributed by atoms with van der Waals surface area (Å²) in [6.45, 7) is 4.69. The lowest BCUT2D eigenvalue weighted by Gasteiger charge is -2.13. The van der Waals surface area contributed by atoms with Gasteiger partial charge < -0.3 is 14.2 Å². The minimum Gasteiger partial charge on any atom is -0.492 e. The molecule has 0 fully saturated rings. The fourth-order valence-corrected chi connectivity index (χ4v) is 2.36. The van der Waals surface area contributed by atoms with Crippen LogP contribution in [0.1, 0.15) is 25.8 Å². The molecule has 0 saturated heterocycles. The van der Waals surface area contributed by atoms with Crippen molar-refractivity contribution in [2.24, 2.45) is 0 Å². The van der Waals surface area contributed by atoms with Crippen molar-refractivity contribution in [2.45, 2.75) is 26.7 Å². The van der Waals surface area contributed by atoms with Crippen LogP contribution in [-0.2, 0) is 16.0 Å². The normalized spacial score (nSPS) is 10.1. The zero-order valence-electron chi connectivity index (χ0n) is 11.5. The molecule has 1 aromatic rings. The summed E-state index contributed by atoms with van der Waals surface area (Å²) < 4.78 is 16.5. The van der Waals surface area contributed by atoms with Gasteiger partial charge in [0.25, 0.3) is 0 Å². The van der Waals surface area contributed by atoms with Crippen molar-refractivity contribution in [3.05, 3.63) is 22.2 Å². The Morgan fingerprint density at radius 1 is 1.26 bits per heavy atom. The lowest BCUT2D eigenvalue weighted by atomic mass is 10.1. The maximum atomic E-state index is 11.3. The van der Waals surface area contributed by atoms with E-state index >= 15 is 0 Å². The zero-order chi connectivity index (χ0) is 14.3. The van der Waals surface area contributed by atoms with Gasteiger partial charge in [-0.15, -0.1) is 0 Å². The number of halogens is 1. The number of rotatable bonds is 7. The van der Waals surface area contributed by atoms with Crippen molar-refractivity contribution in [1.29, 1.82) is 0 Å². The Kier molecular flexibility index (Phi) is 6.70. The average molecular weight is 331 g/mol. The maximum Gasteiger partial charge on any atom is 0.306 e. The molecule has 0 radical (unpaired) electrons. The standard InChI is InChI=1S/C14H19BrO4/c1-4-18-12-9-10(6-7-13(16)19-5-2)8-11(15)14(12)17-3/h8-9H,4-7H2,1-3H3. The van der Waals surface area contributed by atoms with Crippen LogP contribution in [0.3, 0.4) is 0 Å². The molecule has 0 saturated carbocycles. The molecule has 5 heteroatoms. The lowest BCUT2D eigenvalue weighted by Crippen LogP contribution is -2.05. The van der Waals surface area contributed by atoms with E-state index in [1.807, 2.05) is 19.1 Å². The number of aryl methyl sites for hydroxylation is 1. The van der Waals surface area contributed by atoms with E-state index in [0.29, 0.717) is 37.6 Å². The lowest BCUT2D eigenvalue weighted by molar-refractivity contribution is -0.143. The molecule has 0 heterocycles. The predicted octanol–water partition coefficient (Wildman–Crippen LogP) is 3.35. The summed E-state index contributed by atoms with van der Waals surface area (Å²) in [5.41, 5.74) is 1.00. The molecule has 4 nitrogen and oxygen atoms in total. The van der Waals surface area contributed by atoms with Crippen LogP contribution in [0.15, 0.2) is 16.6 Å². The quantitative estimate of drug-likeness (QED) is 0.719. The first-order valence-electron chi connectivity index (χ1n) is 6.27. The molecule has 1 aromatic carbocycles. The van der Waals surface area contributed by atoms with Crippen molar-refractivity contribution < 1.29 is 19.0 Å². The van der Waals surface area contributed by atoms with Crippen molar-refractivity contribution in [2.75, 3.05) is 20.3 Å². The molecule has 106 valence electrons. The number of ether oxygens (including phenoxy) is 3. The van der Waals surface area contributed by atoms with E-state index < -0.39 is 0 Å². The first-order chi connectivity index (χ1) is 9.12. The van der Waals surface area contributed by atoms with E-state index in [0.717, 1.165) is 10.0 Å². The predicted molar refractivity (Wildman–Crippen MR) is 76.8 cm³/mol. The minimum absolute atomic E-state index is 0.188. The molecule has 0 aliphatic carbocycles. The molecule has 0 aliphatic rings. The van der Waals surface area contributed by atoms with Gasteiger partial charge in [-0.3, -0.25) is 4.79 Å². The van der Waals surface area contributed by atoms with Crippen LogP contribution in [0, 0.1) is 0 Å². The number of methoxy groups -OCH3 is 1. The van der Waals surface area contributed by atoms with Gasteiger partial charge in [0.1, 0.15) is 0 Å². The topological polar surface area (TPSA) is 44.8 Å². The second-order valence-corrected chi connectivity index (χ2v) is 4.70. The van der Waals surface area contributed by atoms with Crippen LogP contribution in [0.4, 0.5) is 0 Å². The highest BCUT2D eigenvalue weighted by atomic mass is 79.9. The molecule has 0 bridgehead atoms. The largest absolute Gasteiger partial charge is 0.492 e. The Morgan fingerprint density at radius 2 is 2.00 bits per heavy atom. The van der Waals surface area contributed by atoms with Gasteiger partial charge >= 0.3 is 5.97 Å². The van der Waals surface area contributed by atoms with Crippen LogP contribution in [-0.4, -0.2) is 26.3 Å². The summed E-state index contributed by atoms with van der Waals surface area (Å²) >= 11 is 3.44. The van der Waals surface area contributed by atoms with Gasteiger partial charge in [-0.25, -0.2) is 0 Å². The zero-order valence-corrected chi connectivity index (χ0v) is 13.1. The third-order valence-electron chi connectivity index (χ3n) is 2.50. The smallest absolute Gasteiger partial charge is 0.306 e. The summed E-state index contributed by atoms with van der Waals surface area (Å²) in [6.07, 6.45) is 0.972. The Labute approximate surface area is 122 Å². The van der Waals surface area contributed by atoms with E-state index in [4.69, 9.17) is 14.2 Å². The molecule has 0 aromatic heterocycles. The van der Waals surface area contributed by atoms with Crippen LogP contribution in [0.5, 0.6) is 11.5 Å². The summed E-state index contributed by atoms with van der Waals surface area (Å²) in [5.74, 6) is 1.16. The van der Waals surface area contributed by atoms with E-state index in [9.17, 15) is 4.79 Å². The molecule has 0 unspecified atom stereocenters. The van der Waals surface area contributed by atoms with Gasteiger partial charge in [0, 0.05) is 6.42 Å². The first-order valence-corrected chi connectivity index (χ1v) is 7.06. The summed E-state index contributed by atoms with van der Waals surface area (Å²) in [5, 5.41) is 0. The van der Waals surface area contributed by atoms with E-state index in [-0.39, 0.29) is 5.97 Å². The van der Waals surface area contributed by atoms with Crippen LogP contribution >= 0.6 is 15.9 Å². The summed E-state index contributed by atoms with van der Waals surface area (Å²) in [6, 6.07) is 3.83. The fraction of sp³-hybridized carbons (Fsp3) is 0.500. The molecule has 0 spiro atoms. The molecule has 0 aliphatic heterocycles. The third kappa shape index (κ3) is 4.74. The highest BCUT2D eigenvalue weighted by Gasteiger charge is 2.12. The first kappa shape index (κ1) is 15.8. The summed E-state index contributed by atoms with van der Waals surface area (Å²) in [7, 11) is 1.60.